The molecule has 0 unspecified atom stereocenters. The molecule has 0 aromatic heterocycles. The van der Waals surface area contributed by atoms with Crippen LogP contribution in [0.15, 0.2) is 48.5 Å². The molecule has 104 valence electrons. The molecule has 0 aliphatic rings. The normalized spacial score (nSPS) is 10.1. The molecule has 0 aliphatic carbocycles. The van der Waals surface area contributed by atoms with Gasteiger partial charge in [-0.1, -0.05) is 24.3 Å². The van der Waals surface area contributed by atoms with Crippen molar-refractivity contribution >= 4 is 23.0 Å². The highest BCUT2D eigenvalue weighted by molar-refractivity contribution is 5.94. The summed E-state index contributed by atoms with van der Waals surface area (Å²) in [7, 11) is 1.87. The molecule has 0 spiro atoms. The fourth-order valence-corrected chi connectivity index (χ4v) is 1.97. The van der Waals surface area contributed by atoms with Crippen LogP contribution in [-0.2, 0) is 4.79 Å². The number of likely N-dealkylation sites (N-methyl/N-ethyl adjacent to an activating group) is 1. The number of amides is 1. The maximum Gasteiger partial charge on any atom is 0.243 e. The highest BCUT2D eigenvalue weighted by Gasteiger charge is 2.08. The molecule has 0 saturated heterocycles. The Bertz CT molecular complexity index is 610. The third-order valence-electron chi connectivity index (χ3n) is 3.11. The molecule has 3 N–H and O–H groups in total. The number of rotatable bonds is 4. The lowest BCUT2D eigenvalue weighted by Gasteiger charge is -2.19. The Morgan fingerprint density at radius 1 is 1.20 bits per heavy atom. The molecule has 0 radical (unpaired) electrons. The minimum Gasteiger partial charge on any atom is -0.399 e. The molecule has 4 nitrogen and oxygen atoms in total. The SMILES string of the molecule is Cc1ccccc1NC(=O)CN(C)c1cccc(N)c1. The van der Waals surface area contributed by atoms with Crippen molar-refractivity contribution in [1.29, 1.82) is 0 Å². The van der Waals surface area contributed by atoms with Gasteiger partial charge in [-0.3, -0.25) is 4.79 Å². The number of anilines is 3. The van der Waals surface area contributed by atoms with Gasteiger partial charge in [-0.25, -0.2) is 0 Å². The molecule has 2 aromatic rings. The second-order valence-electron chi connectivity index (χ2n) is 4.81. The molecular weight excluding hydrogens is 250 g/mol. The molecular formula is C16H19N3O. The number of nitrogen functional groups attached to an aromatic ring is 1. The summed E-state index contributed by atoms with van der Waals surface area (Å²) in [6, 6.07) is 15.2. The molecule has 0 saturated carbocycles. The van der Waals surface area contributed by atoms with E-state index in [0.29, 0.717) is 5.69 Å². The number of carbonyl (C=O) groups excluding carboxylic acids is 1. The summed E-state index contributed by atoms with van der Waals surface area (Å²) in [4.78, 5) is 13.9. The molecule has 0 heterocycles. The minimum absolute atomic E-state index is 0.0516. The summed E-state index contributed by atoms with van der Waals surface area (Å²) < 4.78 is 0. The van der Waals surface area contributed by atoms with Gasteiger partial charge in [-0.15, -0.1) is 0 Å². The maximum atomic E-state index is 12.0. The Hall–Kier alpha value is -2.49. The van der Waals surface area contributed by atoms with Gasteiger partial charge in [0.2, 0.25) is 5.91 Å². The van der Waals surface area contributed by atoms with Gasteiger partial charge in [0.15, 0.2) is 0 Å². The molecule has 1 amide bonds. The van der Waals surface area contributed by atoms with E-state index in [0.717, 1.165) is 16.9 Å². The van der Waals surface area contributed by atoms with Crippen LogP contribution in [0.3, 0.4) is 0 Å². The first-order valence-electron chi connectivity index (χ1n) is 6.48. The quantitative estimate of drug-likeness (QED) is 0.839. The number of hydrogen-bond donors (Lipinski definition) is 2. The van der Waals surface area contributed by atoms with Crippen molar-refractivity contribution in [2.45, 2.75) is 6.92 Å². The van der Waals surface area contributed by atoms with Crippen LogP contribution in [0.4, 0.5) is 17.1 Å². The Kier molecular flexibility index (Phi) is 4.25. The Morgan fingerprint density at radius 2 is 1.95 bits per heavy atom. The van der Waals surface area contributed by atoms with Crippen molar-refractivity contribution in [3.8, 4) is 0 Å². The average molecular weight is 269 g/mol. The lowest BCUT2D eigenvalue weighted by molar-refractivity contribution is -0.114. The lowest BCUT2D eigenvalue weighted by Crippen LogP contribution is -2.30. The summed E-state index contributed by atoms with van der Waals surface area (Å²) in [6.07, 6.45) is 0. The second kappa shape index (κ2) is 6.10. The summed E-state index contributed by atoms with van der Waals surface area (Å²) in [5.41, 5.74) is 9.25. The lowest BCUT2D eigenvalue weighted by atomic mass is 10.2. The third kappa shape index (κ3) is 3.51. The van der Waals surface area contributed by atoms with Crippen molar-refractivity contribution in [3.05, 3.63) is 54.1 Å². The fraction of sp³-hybridized carbons (Fsp3) is 0.188. The van der Waals surface area contributed by atoms with Gasteiger partial charge in [0.25, 0.3) is 0 Å². The van der Waals surface area contributed by atoms with Crippen molar-refractivity contribution in [1.82, 2.24) is 0 Å². The summed E-state index contributed by atoms with van der Waals surface area (Å²) in [5, 5.41) is 2.91. The standard InChI is InChI=1S/C16H19N3O/c1-12-6-3-4-9-15(12)18-16(20)11-19(2)14-8-5-7-13(17)10-14/h3-10H,11,17H2,1-2H3,(H,18,20). The van der Waals surface area contributed by atoms with Crippen LogP contribution in [0.1, 0.15) is 5.56 Å². The Labute approximate surface area is 119 Å². The van der Waals surface area contributed by atoms with Gasteiger partial charge in [-0.05, 0) is 36.8 Å². The highest BCUT2D eigenvalue weighted by Crippen LogP contribution is 2.17. The second-order valence-corrected chi connectivity index (χ2v) is 4.81. The van der Waals surface area contributed by atoms with E-state index in [9.17, 15) is 4.79 Å². The minimum atomic E-state index is -0.0516. The zero-order chi connectivity index (χ0) is 14.5. The molecule has 0 atom stereocenters. The van der Waals surface area contributed by atoms with Gasteiger partial charge in [0.1, 0.15) is 0 Å². The van der Waals surface area contributed by atoms with Crippen molar-refractivity contribution in [2.75, 3.05) is 29.5 Å². The van der Waals surface area contributed by atoms with Crippen LogP contribution in [0.2, 0.25) is 0 Å². The number of aryl methyl sites for hydroxylation is 1. The molecule has 2 aromatic carbocycles. The van der Waals surface area contributed by atoms with Crippen LogP contribution < -0.4 is 16.0 Å². The van der Waals surface area contributed by atoms with Gasteiger partial charge in [0, 0.05) is 24.1 Å². The van der Waals surface area contributed by atoms with Gasteiger partial charge in [-0.2, -0.15) is 0 Å². The Balaban J connectivity index is 2.00. The zero-order valence-electron chi connectivity index (χ0n) is 11.8. The topological polar surface area (TPSA) is 58.4 Å². The summed E-state index contributed by atoms with van der Waals surface area (Å²) in [6.45, 7) is 2.25. The van der Waals surface area contributed by atoms with Crippen LogP contribution in [0.25, 0.3) is 0 Å². The molecule has 4 heteroatoms. The fourth-order valence-electron chi connectivity index (χ4n) is 1.97. The largest absolute Gasteiger partial charge is 0.399 e. The maximum absolute atomic E-state index is 12.0. The summed E-state index contributed by atoms with van der Waals surface area (Å²) in [5.74, 6) is -0.0516. The number of para-hydroxylation sites is 1. The van der Waals surface area contributed by atoms with Crippen molar-refractivity contribution < 1.29 is 4.79 Å². The third-order valence-corrected chi connectivity index (χ3v) is 3.11. The summed E-state index contributed by atoms with van der Waals surface area (Å²) >= 11 is 0. The van der Waals surface area contributed by atoms with E-state index in [2.05, 4.69) is 5.32 Å². The highest BCUT2D eigenvalue weighted by atomic mass is 16.2. The number of hydrogen-bond acceptors (Lipinski definition) is 3. The number of carbonyl (C=O) groups is 1. The van der Waals surface area contributed by atoms with E-state index in [-0.39, 0.29) is 12.5 Å². The molecule has 20 heavy (non-hydrogen) atoms. The predicted molar refractivity (Wildman–Crippen MR) is 83.9 cm³/mol. The predicted octanol–water partition coefficient (Wildman–Crippen LogP) is 2.65. The van der Waals surface area contributed by atoms with Gasteiger partial charge >= 0.3 is 0 Å². The van der Waals surface area contributed by atoms with E-state index in [4.69, 9.17) is 5.73 Å². The zero-order valence-corrected chi connectivity index (χ0v) is 11.8. The Morgan fingerprint density at radius 3 is 2.65 bits per heavy atom. The molecule has 0 fully saturated rings. The van der Waals surface area contributed by atoms with Crippen LogP contribution in [0.5, 0.6) is 0 Å². The van der Waals surface area contributed by atoms with E-state index >= 15 is 0 Å². The van der Waals surface area contributed by atoms with Crippen LogP contribution >= 0.6 is 0 Å². The smallest absolute Gasteiger partial charge is 0.243 e. The average Bonchev–Trinajstić information content (AvgIpc) is 2.41. The number of benzene rings is 2. The van der Waals surface area contributed by atoms with E-state index in [1.54, 1.807) is 0 Å². The monoisotopic (exact) mass is 269 g/mol. The molecule has 0 bridgehead atoms. The van der Waals surface area contributed by atoms with Crippen molar-refractivity contribution in [3.63, 3.8) is 0 Å². The molecule has 0 aliphatic heterocycles. The number of nitrogens with one attached hydrogen (secondary N) is 1. The van der Waals surface area contributed by atoms with Gasteiger partial charge in [0.05, 0.1) is 6.54 Å². The van der Waals surface area contributed by atoms with E-state index in [1.165, 1.54) is 0 Å². The number of nitrogens with two attached hydrogens (primary N) is 1. The van der Waals surface area contributed by atoms with E-state index < -0.39 is 0 Å². The van der Waals surface area contributed by atoms with Crippen molar-refractivity contribution in [2.24, 2.45) is 0 Å². The van der Waals surface area contributed by atoms with Gasteiger partial charge < -0.3 is 16.0 Å². The number of nitrogens with zero attached hydrogens (tertiary/aromatic N) is 1. The first-order chi connectivity index (χ1) is 9.56. The van der Waals surface area contributed by atoms with Crippen LogP contribution in [-0.4, -0.2) is 19.5 Å². The first kappa shape index (κ1) is 13.9. The molecule has 2 rings (SSSR count). The first-order valence-corrected chi connectivity index (χ1v) is 6.48. The van der Waals surface area contributed by atoms with E-state index in [1.807, 2.05) is 67.4 Å². The van der Waals surface area contributed by atoms with Crippen LogP contribution in [0, 0.1) is 6.92 Å².